The van der Waals surface area contributed by atoms with Gasteiger partial charge in [-0.1, -0.05) is 23.7 Å². The van der Waals surface area contributed by atoms with E-state index in [-0.39, 0.29) is 54.0 Å². The number of hydrogen-bond donors (Lipinski definition) is 2. The number of primary amides is 1. The quantitative estimate of drug-likeness (QED) is 0.403. The first-order valence-electron chi connectivity index (χ1n) is 11.8. The molecule has 0 bridgehead atoms. The minimum atomic E-state index is -0.718. The molecule has 11 heteroatoms. The van der Waals surface area contributed by atoms with Gasteiger partial charge in [0.15, 0.2) is 5.69 Å². The van der Waals surface area contributed by atoms with Crippen LogP contribution in [0.4, 0.5) is 5.82 Å². The van der Waals surface area contributed by atoms with Crippen molar-refractivity contribution in [1.29, 1.82) is 0 Å². The third kappa shape index (κ3) is 5.38. The Labute approximate surface area is 211 Å². The highest BCUT2D eigenvalue weighted by Crippen LogP contribution is 2.32. The average Bonchev–Trinajstić information content (AvgIpc) is 3.74. The molecule has 3 aromatic rings. The van der Waals surface area contributed by atoms with E-state index in [1.807, 2.05) is 0 Å². The van der Waals surface area contributed by atoms with Gasteiger partial charge in [0.2, 0.25) is 11.8 Å². The van der Waals surface area contributed by atoms with E-state index in [0.29, 0.717) is 16.7 Å². The number of anilines is 1. The van der Waals surface area contributed by atoms with E-state index in [1.54, 1.807) is 36.4 Å². The molecule has 2 fully saturated rings. The third-order valence-electron chi connectivity index (χ3n) is 6.35. The van der Waals surface area contributed by atoms with Crippen LogP contribution in [0.1, 0.15) is 41.7 Å². The van der Waals surface area contributed by atoms with Crippen LogP contribution in [0.5, 0.6) is 0 Å². The number of Topliss-reactive ketones (excluding diaryl/α,β-unsaturated/α-hetero) is 1. The molecule has 10 nitrogen and oxygen atoms in total. The van der Waals surface area contributed by atoms with Crippen LogP contribution < -0.4 is 11.1 Å². The summed E-state index contributed by atoms with van der Waals surface area (Å²) in [6.45, 7) is -0.309. The Morgan fingerprint density at radius 3 is 2.56 bits per heavy atom. The Morgan fingerprint density at radius 1 is 1.11 bits per heavy atom. The second-order valence-electron chi connectivity index (χ2n) is 9.29. The number of nitrogens with two attached hydrogens (primary N) is 1. The molecule has 0 saturated heterocycles. The molecule has 3 N–H and O–H groups in total. The van der Waals surface area contributed by atoms with Gasteiger partial charge >= 0.3 is 0 Å². The summed E-state index contributed by atoms with van der Waals surface area (Å²) in [5, 5.41) is 7.71. The van der Waals surface area contributed by atoms with Crippen LogP contribution >= 0.6 is 11.6 Å². The molecular formula is C25H25ClN6O4. The van der Waals surface area contributed by atoms with Crippen molar-refractivity contribution in [2.24, 2.45) is 11.7 Å². The van der Waals surface area contributed by atoms with Crippen molar-refractivity contribution in [2.45, 2.75) is 44.7 Å². The van der Waals surface area contributed by atoms with Crippen molar-refractivity contribution in [3.8, 4) is 0 Å². The SMILES string of the molecule is NC(=O)c1nn(CC(=O)N(CC(=O)Nc2cccc(Cl)n2)C2CC2)c2ccc(CC(=O)C3CC3)cc12. The van der Waals surface area contributed by atoms with Crippen LogP contribution in [0.3, 0.4) is 0 Å². The van der Waals surface area contributed by atoms with Gasteiger partial charge in [0, 0.05) is 23.8 Å². The van der Waals surface area contributed by atoms with Gasteiger partial charge in [0.1, 0.15) is 29.8 Å². The Bertz CT molecular complexity index is 1380. The summed E-state index contributed by atoms with van der Waals surface area (Å²) in [4.78, 5) is 55.7. The molecule has 0 aliphatic heterocycles. The van der Waals surface area contributed by atoms with Gasteiger partial charge in [-0.05, 0) is 55.5 Å². The molecule has 2 saturated carbocycles. The number of ketones is 1. The van der Waals surface area contributed by atoms with Crippen molar-refractivity contribution in [2.75, 3.05) is 11.9 Å². The zero-order chi connectivity index (χ0) is 25.4. The largest absolute Gasteiger partial charge is 0.364 e. The van der Waals surface area contributed by atoms with Crippen molar-refractivity contribution in [1.82, 2.24) is 19.7 Å². The number of pyridine rings is 1. The molecular weight excluding hydrogens is 484 g/mol. The van der Waals surface area contributed by atoms with Gasteiger partial charge < -0.3 is 16.0 Å². The fourth-order valence-corrected chi connectivity index (χ4v) is 4.39. The number of carbonyl (C=O) groups is 4. The van der Waals surface area contributed by atoms with Gasteiger partial charge in [0.05, 0.1) is 5.52 Å². The number of amides is 3. The normalized spacial score (nSPS) is 15.0. The summed E-state index contributed by atoms with van der Waals surface area (Å²) >= 11 is 5.87. The van der Waals surface area contributed by atoms with E-state index < -0.39 is 11.8 Å². The molecule has 0 radical (unpaired) electrons. The van der Waals surface area contributed by atoms with Crippen molar-refractivity contribution < 1.29 is 19.2 Å². The predicted molar refractivity (Wildman–Crippen MR) is 132 cm³/mol. The maximum atomic E-state index is 13.2. The van der Waals surface area contributed by atoms with Crippen LogP contribution in [0, 0.1) is 5.92 Å². The van der Waals surface area contributed by atoms with Crippen LogP contribution in [0.25, 0.3) is 10.9 Å². The topological polar surface area (TPSA) is 140 Å². The van der Waals surface area contributed by atoms with Crippen LogP contribution in [-0.2, 0) is 27.3 Å². The molecule has 2 heterocycles. The highest BCUT2D eigenvalue weighted by Gasteiger charge is 2.34. The van der Waals surface area contributed by atoms with Crippen LogP contribution in [0.15, 0.2) is 36.4 Å². The lowest BCUT2D eigenvalue weighted by molar-refractivity contribution is -0.135. The van der Waals surface area contributed by atoms with Crippen LogP contribution in [-0.4, -0.2) is 55.8 Å². The number of aromatic nitrogens is 3. The van der Waals surface area contributed by atoms with Crippen molar-refractivity contribution >= 4 is 51.8 Å². The fraction of sp³-hybridized carbons (Fsp3) is 0.360. The molecule has 1 aromatic carbocycles. The lowest BCUT2D eigenvalue weighted by atomic mass is 10.0. The summed E-state index contributed by atoms with van der Waals surface area (Å²) < 4.78 is 1.43. The van der Waals surface area contributed by atoms with Gasteiger partial charge in [-0.25, -0.2) is 4.98 Å². The lowest BCUT2D eigenvalue weighted by Gasteiger charge is -2.22. The molecule has 36 heavy (non-hydrogen) atoms. The number of fused-ring (bicyclic) bond motifs is 1. The van der Waals surface area contributed by atoms with Gasteiger partial charge in [-0.3, -0.25) is 23.9 Å². The fourth-order valence-electron chi connectivity index (χ4n) is 4.23. The molecule has 2 aliphatic carbocycles. The Balaban J connectivity index is 1.33. The number of benzene rings is 1. The van der Waals surface area contributed by atoms with Crippen LogP contribution in [0.2, 0.25) is 5.15 Å². The van der Waals surface area contributed by atoms with E-state index in [0.717, 1.165) is 31.2 Å². The Hall–Kier alpha value is -3.79. The van der Waals surface area contributed by atoms with Gasteiger partial charge in [-0.15, -0.1) is 0 Å². The summed E-state index contributed by atoms with van der Waals surface area (Å²) in [5.41, 5.74) is 6.93. The number of rotatable bonds is 10. The second kappa shape index (κ2) is 9.69. The molecule has 0 unspecified atom stereocenters. The number of nitrogens with one attached hydrogen (secondary N) is 1. The molecule has 5 rings (SSSR count). The zero-order valence-corrected chi connectivity index (χ0v) is 20.2. The zero-order valence-electron chi connectivity index (χ0n) is 19.4. The standard InChI is InChI=1S/C25H25ClN6O4/c26-20-2-1-3-21(28-20)29-22(34)12-31(16-7-8-16)23(35)13-32-18-9-4-14(11-19(33)15-5-6-15)10-17(18)24(30-32)25(27)36/h1-4,9-10,15-16H,5-8,11-13H2,(H2,27,36)(H,28,29,34). The molecule has 2 aromatic heterocycles. The number of nitrogens with zero attached hydrogens (tertiary/aromatic N) is 4. The third-order valence-corrected chi connectivity index (χ3v) is 6.56. The van der Waals surface area contributed by atoms with E-state index in [4.69, 9.17) is 17.3 Å². The van der Waals surface area contributed by atoms with E-state index in [9.17, 15) is 19.2 Å². The Morgan fingerprint density at radius 2 is 1.89 bits per heavy atom. The minimum absolute atomic E-state index is 0.0342. The summed E-state index contributed by atoms with van der Waals surface area (Å²) in [6, 6.07) is 10.1. The Kier molecular flexibility index (Phi) is 6.44. The maximum Gasteiger partial charge on any atom is 0.269 e. The summed E-state index contributed by atoms with van der Waals surface area (Å²) in [6.07, 6.45) is 3.75. The first-order chi connectivity index (χ1) is 17.3. The van der Waals surface area contributed by atoms with Crippen molar-refractivity contribution in [3.05, 3.63) is 52.8 Å². The second-order valence-corrected chi connectivity index (χ2v) is 9.67. The first-order valence-corrected chi connectivity index (χ1v) is 12.2. The van der Waals surface area contributed by atoms with Gasteiger partial charge in [-0.2, -0.15) is 5.10 Å². The number of hydrogen-bond acceptors (Lipinski definition) is 6. The molecule has 0 spiro atoms. The summed E-state index contributed by atoms with van der Waals surface area (Å²) in [7, 11) is 0. The highest BCUT2D eigenvalue weighted by atomic mass is 35.5. The first kappa shape index (κ1) is 23.9. The highest BCUT2D eigenvalue weighted by molar-refractivity contribution is 6.29. The van der Waals surface area contributed by atoms with E-state index in [1.165, 1.54) is 9.58 Å². The van der Waals surface area contributed by atoms with E-state index in [2.05, 4.69) is 15.4 Å². The van der Waals surface area contributed by atoms with E-state index >= 15 is 0 Å². The number of halogens is 1. The van der Waals surface area contributed by atoms with Gasteiger partial charge in [0.25, 0.3) is 5.91 Å². The lowest BCUT2D eigenvalue weighted by Crippen LogP contribution is -2.41. The average molecular weight is 509 g/mol. The molecule has 186 valence electrons. The minimum Gasteiger partial charge on any atom is -0.364 e. The number of carbonyl (C=O) groups excluding carboxylic acids is 4. The predicted octanol–water partition coefficient (Wildman–Crippen LogP) is 2.33. The smallest absolute Gasteiger partial charge is 0.269 e. The molecule has 3 amide bonds. The molecule has 0 atom stereocenters. The molecule has 2 aliphatic rings. The summed E-state index contributed by atoms with van der Waals surface area (Å²) in [5.74, 6) is -0.792. The monoisotopic (exact) mass is 508 g/mol. The van der Waals surface area contributed by atoms with Crippen molar-refractivity contribution in [3.63, 3.8) is 0 Å². The maximum absolute atomic E-state index is 13.2.